The number of hydrogen-bond donors (Lipinski definition) is 1. The first-order valence-corrected chi connectivity index (χ1v) is 9.47. The standard InChI is InChI=1S/C22H27N3O3/c1-3-25(4-2)22(27)17-28-20-9-5-7-18(15-20)12-14-24-21(26)11-10-19-8-6-13-23-16-19/h5-11,13,15-16H,3-4,12,14,17H2,1-2H3,(H,24,26). The predicted octanol–water partition coefficient (Wildman–Crippen LogP) is 2.70. The summed E-state index contributed by atoms with van der Waals surface area (Å²) in [6.07, 6.45) is 7.28. The first-order valence-electron chi connectivity index (χ1n) is 9.47. The predicted molar refractivity (Wildman–Crippen MR) is 110 cm³/mol. The topological polar surface area (TPSA) is 71.5 Å². The van der Waals surface area contributed by atoms with E-state index in [0.29, 0.717) is 31.8 Å². The number of hydrogen-bond acceptors (Lipinski definition) is 4. The minimum atomic E-state index is -0.152. The summed E-state index contributed by atoms with van der Waals surface area (Å²) in [6, 6.07) is 11.3. The monoisotopic (exact) mass is 381 g/mol. The average molecular weight is 381 g/mol. The number of amides is 2. The number of ether oxygens (including phenoxy) is 1. The second-order valence-corrected chi connectivity index (χ2v) is 6.16. The second-order valence-electron chi connectivity index (χ2n) is 6.16. The zero-order valence-corrected chi connectivity index (χ0v) is 16.4. The number of nitrogens with one attached hydrogen (secondary N) is 1. The van der Waals surface area contributed by atoms with Gasteiger partial charge in [-0.1, -0.05) is 18.2 Å². The summed E-state index contributed by atoms with van der Waals surface area (Å²) in [4.78, 5) is 29.6. The Labute approximate surface area is 166 Å². The molecular formula is C22H27N3O3. The molecule has 0 aliphatic rings. The second kappa shape index (κ2) is 11.5. The van der Waals surface area contributed by atoms with Crippen molar-refractivity contribution in [3.8, 4) is 5.75 Å². The summed E-state index contributed by atoms with van der Waals surface area (Å²) in [5.41, 5.74) is 1.91. The molecule has 6 nitrogen and oxygen atoms in total. The van der Waals surface area contributed by atoms with E-state index in [2.05, 4.69) is 10.3 Å². The van der Waals surface area contributed by atoms with Gasteiger partial charge in [0.2, 0.25) is 5.91 Å². The molecule has 0 unspecified atom stereocenters. The molecule has 0 spiro atoms. The van der Waals surface area contributed by atoms with Gasteiger partial charge in [-0.25, -0.2) is 0 Å². The van der Waals surface area contributed by atoms with Crippen LogP contribution in [0.5, 0.6) is 5.75 Å². The Bertz CT molecular complexity index is 787. The van der Waals surface area contributed by atoms with Crippen LogP contribution < -0.4 is 10.1 Å². The van der Waals surface area contributed by atoms with Crippen LogP contribution in [0.25, 0.3) is 6.08 Å². The van der Waals surface area contributed by atoms with Gasteiger partial charge in [-0.05, 0) is 55.7 Å². The van der Waals surface area contributed by atoms with Gasteiger partial charge in [-0.2, -0.15) is 0 Å². The fourth-order valence-corrected chi connectivity index (χ4v) is 2.64. The van der Waals surface area contributed by atoms with Crippen LogP contribution in [-0.4, -0.2) is 47.9 Å². The lowest BCUT2D eigenvalue weighted by molar-refractivity contribution is -0.133. The number of rotatable bonds is 10. The van der Waals surface area contributed by atoms with E-state index in [0.717, 1.165) is 11.1 Å². The molecule has 0 saturated carbocycles. The third kappa shape index (κ3) is 7.23. The van der Waals surface area contributed by atoms with Crippen molar-refractivity contribution in [1.29, 1.82) is 0 Å². The summed E-state index contributed by atoms with van der Waals surface area (Å²) in [6.45, 7) is 5.78. The lowest BCUT2D eigenvalue weighted by Crippen LogP contribution is -2.34. The molecule has 0 saturated heterocycles. The van der Waals surface area contributed by atoms with Crippen molar-refractivity contribution in [2.45, 2.75) is 20.3 Å². The van der Waals surface area contributed by atoms with E-state index in [1.165, 1.54) is 6.08 Å². The van der Waals surface area contributed by atoms with Gasteiger partial charge in [-0.15, -0.1) is 0 Å². The molecule has 0 atom stereocenters. The number of likely N-dealkylation sites (N-methyl/N-ethyl adjacent to an activating group) is 1. The minimum absolute atomic E-state index is 0.0249. The maximum Gasteiger partial charge on any atom is 0.260 e. The Morgan fingerprint density at radius 2 is 2.00 bits per heavy atom. The highest BCUT2D eigenvalue weighted by atomic mass is 16.5. The maximum absolute atomic E-state index is 12.0. The summed E-state index contributed by atoms with van der Waals surface area (Å²) >= 11 is 0. The van der Waals surface area contributed by atoms with Crippen LogP contribution in [0.1, 0.15) is 25.0 Å². The fraction of sp³-hybridized carbons (Fsp3) is 0.318. The molecule has 6 heteroatoms. The molecule has 0 bridgehead atoms. The molecular weight excluding hydrogens is 354 g/mol. The largest absolute Gasteiger partial charge is 0.484 e. The summed E-state index contributed by atoms with van der Waals surface area (Å²) in [7, 11) is 0. The van der Waals surface area contributed by atoms with Gasteiger partial charge in [0.25, 0.3) is 5.91 Å². The Balaban J connectivity index is 1.77. The van der Waals surface area contributed by atoms with Crippen LogP contribution in [0, 0.1) is 0 Å². The van der Waals surface area contributed by atoms with E-state index in [4.69, 9.17) is 4.74 Å². The van der Waals surface area contributed by atoms with Crippen LogP contribution in [0.15, 0.2) is 54.9 Å². The molecule has 2 rings (SSSR count). The molecule has 1 aromatic heterocycles. The van der Waals surface area contributed by atoms with Crippen LogP contribution in [0.3, 0.4) is 0 Å². The van der Waals surface area contributed by atoms with Gasteiger partial charge in [0.05, 0.1) is 0 Å². The first kappa shape index (κ1) is 21.2. The van der Waals surface area contributed by atoms with Crippen molar-refractivity contribution in [3.05, 3.63) is 66.0 Å². The number of benzene rings is 1. The number of carbonyl (C=O) groups is 2. The molecule has 2 amide bonds. The quantitative estimate of drug-likeness (QED) is 0.643. The van der Waals surface area contributed by atoms with Gasteiger partial charge in [0, 0.05) is 38.1 Å². The molecule has 1 N–H and O–H groups in total. The van der Waals surface area contributed by atoms with Crippen molar-refractivity contribution < 1.29 is 14.3 Å². The Kier molecular flexibility index (Phi) is 8.72. The number of carbonyl (C=O) groups excluding carboxylic acids is 2. The van der Waals surface area contributed by atoms with E-state index >= 15 is 0 Å². The Morgan fingerprint density at radius 1 is 1.18 bits per heavy atom. The number of aromatic nitrogens is 1. The highest BCUT2D eigenvalue weighted by Crippen LogP contribution is 2.14. The third-order valence-electron chi connectivity index (χ3n) is 4.20. The highest BCUT2D eigenvalue weighted by molar-refractivity contribution is 5.91. The summed E-state index contributed by atoms with van der Waals surface area (Å²) in [5, 5.41) is 2.85. The van der Waals surface area contributed by atoms with Gasteiger partial charge in [0.1, 0.15) is 5.75 Å². The molecule has 28 heavy (non-hydrogen) atoms. The van der Waals surface area contributed by atoms with Crippen LogP contribution >= 0.6 is 0 Å². The van der Waals surface area contributed by atoms with Crippen molar-refractivity contribution in [1.82, 2.24) is 15.2 Å². The Morgan fingerprint density at radius 3 is 2.71 bits per heavy atom. The van der Waals surface area contributed by atoms with E-state index < -0.39 is 0 Å². The van der Waals surface area contributed by atoms with E-state index in [-0.39, 0.29) is 18.4 Å². The molecule has 148 valence electrons. The normalized spacial score (nSPS) is 10.6. The maximum atomic E-state index is 12.0. The third-order valence-corrected chi connectivity index (χ3v) is 4.20. The van der Waals surface area contributed by atoms with Crippen LogP contribution in [-0.2, 0) is 16.0 Å². The van der Waals surface area contributed by atoms with E-state index in [9.17, 15) is 9.59 Å². The summed E-state index contributed by atoms with van der Waals surface area (Å²) < 4.78 is 5.61. The van der Waals surface area contributed by atoms with E-state index in [1.807, 2.05) is 50.2 Å². The molecule has 1 heterocycles. The van der Waals surface area contributed by atoms with Crippen molar-refractivity contribution in [2.24, 2.45) is 0 Å². The number of nitrogens with zero attached hydrogens (tertiary/aromatic N) is 2. The van der Waals surface area contributed by atoms with Gasteiger partial charge < -0.3 is 15.0 Å². The van der Waals surface area contributed by atoms with Crippen LogP contribution in [0.4, 0.5) is 0 Å². The fourth-order valence-electron chi connectivity index (χ4n) is 2.64. The van der Waals surface area contributed by atoms with Gasteiger partial charge >= 0.3 is 0 Å². The molecule has 1 aromatic carbocycles. The molecule has 0 radical (unpaired) electrons. The van der Waals surface area contributed by atoms with Crippen molar-refractivity contribution >= 4 is 17.9 Å². The SMILES string of the molecule is CCN(CC)C(=O)COc1cccc(CCNC(=O)C=Cc2cccnc2)c1. The first-order chi connectivity index (χ1) is 13.6. The highest BCUT2D eigenvalue weighted by Gasteiger charge is 2.10. The van der Waals surface area contributed by atoms with Gasteiger partial charge in [-0.3, -0.25) is 14.6 Å². The lowest BCUT2D eigenvalue weighted by Gasteiger charge is -2.18. The van der Waals surface area contributed by atoms with Gasteiger partial charge in [0.15, 0.2) is 6.61 Å². The zero-order chi connectivity index (χ0) is 20.2. The molecule has 0 aliphatic carbocycles. The number of pyridine rings is 1. The molecule has 0 fully saturated rings. The van der Waals surface area contributed by atoms with Crippen molar-refractivity contribution in [3.63, 3.8) is 0 Å². The van der Waals surface area contributed by atoms with Crippen molar-refractivity contribution in [2.75, 3.05) is 26.2 Å². The van der Waals surface area contributed by atoms with Crippen LogP contribution in [0.2, 0.25) is 0 Å². The summed E-state index contributed by atoms with van der Waals surface area (Å²) in [5.74, 6) is 0.477. The Hall–Kier alpha value is -3.15. The smallest absolute Gasteiger partial charge is 0.260 e. The van der Waals surface area contributed by atoms with E-state index in [1.54, 1.807) is 23.4 Å². The minimum Gasteiger partial charge on any atom is -0.484 e. The average Bonchev–Trinajstić information content (AvgIpc) is 2.73. The molecule has 0 aliphatic heterocycles. The zero-order valence-electron chi connectivity index (χ0n) is 16.4. The lowest BCUT2D eigenvalue weighted by atomic mass is 10.1. The molecule has 2 aromatic rings.